The highest BCUT2D eigenvalue weighted by molar-refractivity contribution is 5.89. The van der Waals surface area contributed by atoms with Crippen molar-refractivity contribution >= 4 is 5.91 Å². The average molecular weight is 340 g/mol. The highest BCUT2D eigenvalue weighted by atomic mass is 16.3. The zero-order chi connectivity index (χ0) is 17.3. The third-order valence-corrected chi connectivity index (χ3v) is 5.23. The number of carbonyl (C=O) groups excluding carboxylic acids is 1. The molecule has 8 nitrogen and oxygen atoms in total. The molecule has 130 valence electrons. The molecule has 25 heavy (non-hydrogen) atoms. The summed E-state index contributed by atoms with van der Waals surface area (Å²) in [7, 11) is 0. The van der Waals surface area contributed by atoms with Gasteiger partial charge in [-0.15, -0.1) is 5.10 Å². The van der Waals surface area contributed by atoms with Gasteiger partial charge in [-0.2, -0.15) is 5.26 Å². The molecule has 0 unspecified atom stereocenters. The van der Waals surface area contributed by atoms with Crippen molar-refractivity contribution in [2.24, 2.45) is 5.92 Å². The van der Waals surface area contributed by atoms with Gasteiger partial charge in [-0.05, 0) is 31.6 Å². The lowest BCUT2D eigenvalue weighted by atomic mass is 9.82. The fourth-order valence-corrected chi connectivity index (χ4v) is 3.58. The molecule has 2 saturated carbocycles. The lowest BCUT2D eigenvalue weighted by Gasteiger charge is -2.29. The largest absolute Gasteiger partial charge is 0.441 e. The van der Waals surface area contributed by atoms with Gasteiger partial charge in [-0.3, -0.25) is 4.79 Å². The summed E-state index contributed by atoms with van der Waals surface area (Å²) < 4.78 is 6.75. The van der Waals surface area contributed by atoms with Crippen LogP contribution in [0.2, 0.25) is 0 Å². The van der Waals surface area contributed by atoms with Gasteiger partial charge in [0.2, 0.25) is 0 Å². The Morgan fingerprint density at radius 1 is 1.40 bits per heavy atom. The molecule has 8 heteroatoms. The average Bonchev–Trinajstić information content (AvgIpc) is 3.05. The molecule has 2 aliphatic rings. The number of nitriles is 1. The number of aromatic nitrogens is 4. The minimum absolute atomic E-state index is 0.0453. The van der Waals surface area contributed by atoms with Gasteiger partial charge in [-0.25, -0.2) is 9.67 Å². The van der Waals surface area contributed by atoms with Crippen molar-refractivity contribution in [2.75, 3.05) is 0 Å². The quantitative estimate of drug-likeness (QED) is 0.894. The molecule has 0 aromatic carbocycles. The zero-order valence-corrected chi connectivity index (χ0v) is 13.9. The molecule has 0 aliphatic heterocycles. The summed E-state index contributed by atoms with van der Waals surface area (Å²) in [5.74, 6) is -0.00418. The van der Waals surface area contributed by atoms with E-state index in [1.165, 1.54) is 18.9 Å². The Bertz CT molecular complexity index is 780. The Morgan fingerprint density at radius 2 is 2.20 bits per heavy atom. The van der Waals surface area contributed by atoms with Gasteiger partial charge >= 0.3 is 5.91 Å². The Kier molecular flexibility index (Phi) is 3.99. The number of amides is 1. The van der Waals surface area contributed by atoms with E-state index in [2.05, 4.69) is 26.7 Å². The van der Waals surface area contributed by atoms with E-state index in [4.69, 9.17) is 4.42 Å². The molecule has 0 spiro atoms. The van der Waals surface area contributed by atoms with Crippen molar-refractivity contribution in [1.29, 1.82) is 5.26 Å². The first kappa shape index (κ1) is 15.8. The third-order valence-electron chi connectivity index (χ3n) is 5.23. The monoisotopic (exact) mass is 340 g/mol. The molecule has 0 saturated heterocycles. The Labute approximate surface area is 145 Å². The van der Waals surface area contributed by atoms with Gasteiger partial charge in [0.1, 0.15) is 12.0 Å². The molecule has 1 N–H and O–H groups in total. The number of oxazole rings is 1. The van der Waals surface area contributed by atoms with E-state index in [9.17, 15) is 10.1 Å². The molecular weight excluding hydrogens is 320 g/mol. The number of hydrogen-bond acceptors (Lipinski definition) is 6. The van der Waals surface area contributed by atoms with Crippen molar-refractivity contribution in [2.45, 2.75) is 56.5 Å². The van der Waals surface area contributed by atoms with E-state index in [0.29, 0.717) is 11.6 Å². The van der Waals surface area contributed by atoms with Crippen molar-refractivity contribution in [1.82, 2.24) is 25.3 Å². The van der Waals surface area contributed by atoms with Crippen LogP contribution in [0.1, 0.15) is 67.4 Å². The van der Waals surface area contributed by atoms with Crippen LogP contribution in [0.25, 0.3) is 0 Å². The maximum Gasteiger partial charge on any atom is 0.307 e. The van der Waals surface area contributed by atoms with E-state index in [-0.39, 0.29) is 17.8 Å². The third kappa shape index (κ3) is 3.02. The number of rotatable bonds is 5. The topological polar surface area (TPSA) is 110 Å². The summed E-state index contributed by atoms with van der Waals surface area (Å²) >= 11 is 0. The zero-order valence-electron chi connectivity index (χ0n) is 13.9. The van der Waals surface area contributed by atoms with E-state index >= 15 is 0 Å². The summed E-state index contributed by atoms with van der Waals surface area (Å²) in [6, 6.07) is 2.06. The highest BCUT2D eigenvalue weighted by Crippen LogP contribution is 2.42. The molecule has 2 heterocycles. The standard InChI is InChI=1S/C17H20N6O2/c18-11-17(6-7-17)23-10-13(21-22-23)14(12-4-2-1-3-5-12)20-15(24)16-19-8-9-25-16/h8-10,12,14H,1-7H2,(H,20,24)/t14-/m0/s1. The van der Waals surface area contributed by atoms with Gasteiger partial charge in [0.25, 0.3) is 5.89 Å². The predicted octanol–water partition coefficient (Wildman–Crippen LogP) is 2.33. The lowest BCUT2D eigenvalue weighted by molar-refractivity contribution is 0.0875. The maximum absolute atomic E-state index is 12.4. The van der Waals surface area contributed by atoms with Gasteiger partial charge in [0.05, 0.1) is 24.5 Å². The number of carbonyl (C=O) groups is 1. The first-order valence-electron chi connectivity index (χ1n) is 8.76. The van der Waals surface area contributed by atoms with Crippen molar-refractivity contribution in [3.8, 4) is 6.07 Å². The molecule has 0 radical (unpaired) electrons. The Hall–Kier alpha value is -2.69. The first-order valence-corrected chi connectivity index (χ1v) is 8.76. The fraction of sp³-hybridized carbons (Fsp3) is 0.588. The minimum Gasteiger partial charge on any atom is -0.441 e. The van der Waals surface area contributed by atoms with Crippen molar-refractivity contribution < 1.29 is 9.21 Å². The smallest absolute Gasteiger partial charge is 0.307 e. The number of nitrogens with one attached hydrogen (secondary N) is 1. The van der Waals surface area contributed by atoms with Crippen LogP contribution in [0.3, 0.4) is 0 Å². The van der Waals surface area contributed by atoms with Crippen LogP contribution in [0, 0.1) is 17.2 Å². The number of hydrogen-bond donors (Lipinski definition) is 1. The normalized spacial score (nSPS) is 20.6. The molecule has 2 aromatic heterocycles. The fourth-order valence-electron chi connectivity index (χ4n) is 3.58. The number of nitrogens with zero attached hydrogens (tertiary/aromatic N) is 5. The molecule has 4 rings (SSSR count). The second-order valence-corrected chi connectivity index (χ2v) is 6.92. The van der Waals surface area contributed by atoms with Crippen LogP contribution in [0.15, 0.2) is 23.1 Å². The summed E-state index contributed by atoms with van der Waals surface area (Å²) in [5.41, 5.74) is 0.155. The van der Waals surface area contributed by atoms with Crippen molar-refractivity contribution in [3.05, 3.63) is 30.2 Å². The summed E-state index contributed by atoms with van der Waals surface area (Å²) in [6.45, 7) is 0. The minimum atomic E-state index is -0.547. The van der Waals surface area contributed by atoms with E-state index in [0.717, 1.165) is 38.5 Å². The van der Waals surface area contributed by atoms with E-state index < -0.39 is 5.54 Å². The van der Waals surface area contributed by atoms with Gasteiger partial charge in [0.15, 0.2) is 5.54 Å². The molecule has 2 fully saturated rings. The molecule has 2 aromatic rings. The summed E-state index contributed by atoms with van der Waals surface area (Å²) in [4.78, 5) is 16.3. The maximum atomic E-state index is 12.4. The van der Waals surface area contributed by atoms with Gasteiger partial charge < -0.3 is 9.73 Å². The molecule has 2 aliphatic carbocycles. The van der Waals surface area contributed by atoms with Crippen molar-refractivity contribution in [3.63, 3.8) is 0 Å². The second-order valence-electron chi connectivity index (χ2n) is 6.92. The van der Waals surface area contributed by atoms with Crippen LogP contribution < -0.4 is 5.32 Å². The van der Waals surface area contributed by atoms with Crippen LogP contribution in [-0.4, -0.2) is 25.9 Å². The van der Waals surface area contributed by atoms with Crippen LogP contribution in [0.4, 0.5) is 0 Å². The molecule has 0 bridgehead atoms. The van der Waals surface area contributed by atoms with Crippen LogP contribution in [-0.2, 0) is 5.54 Å². The lowest BCUT2D eigenvalue weighted by Crippen LogP contribution is -2.35. The second kappa shape index (κ2) is 6.31. The summed E-state index contributed by atoms with van der Waals surface area (Å²) in [5, 5.41) is 20.8. The van der Waals surface area contributed by atoms with Crippen LogP contribution >= 0.6 is 0 Å². The van der Waals surface area contributed by atoms with Gasteiger partial charge in [-0.1, -0.05) is 24.5 Å². The predicted molar refractivity (Wildman–Crippen MR) is 86.1 cm³/mol. The Morgan fingerprint density at radius 3 is 2.84 bits per heavy atom. The van der Waals surface area contributed by atoms with Gasteiger partial charge in [0, 0.05) is 0 Å². The molecule has 1 atom stereocenters. The molecular formula is C17H20N6O2. The molecule has 1 amide bonds. The van der Waals surface area contributed by atoms with Crippen LogP contribution in [0.5, 0.6) is 0 Å². The highest BCUT2D eigenvalue weighted by Gasteiger charge is 2.47. The summed E-state index contributed by atoms with van der Waals surface area (Å²) in [6.07, 6.45) is 11.8. The van der Waals surface area contributed by atoms with E-state index in [1.54, 1.807) is 4.68 Å². The van der Waals surface area contributed by atoms with E-state index in [1.807, 2.05) is 6.20 Å². The first-order chi connectivity index (χ1) is 12.2. The Balaban J connectivity index is 1.59. The SMILES string of the molecule is N#CC1(n2cc([C@@H](NC(=O)c3ncco3)C3CCCCC3)nn2)CC1.